The number of nitrogens with zero attached hydrogens (tertiary/aromatic N) is 2. The lowest BCUT2D eigenvalue weighted by Gasteiger charge is -2.28. The molecule has 0 atom stereocenters. The van der Waals surface area contributed by atoms with Crippen LogP contribution in [0.1, 0.15) is 19.8 Å². The Morgan fingerprint density at radius 3 is 2.77 bits per heavy atom. The van der Waals surface area contributed by atoms with Crippen molar-refractivity contribution in [1.82, 2.24) is 15.5 Å². The van der Waals surface area contributed by atoms with Crippen LogP contribution in [0.3, 0.4) is 0 Å². The molecular formula is C9H14N3O. The molecule has 71 valence electrons. The van der Waals surface area contributed by atoms with Gasteiger partial charge in [-0.1, -0.05) is 0 Å². The molecule has 1 radical (unpaired) electrons. The Morgan fingerprint density at radius 2 is 2.23 bits per heavy atom. The maximum absolute atomic E-state index is 11.4. The zero-order valence-electron chi connectivity index (χ0n) is 7.79. The summed E-state index contributed by atoms with van der Waals surface area (Å²) in [5, 5.41) is 7.15. The fourth-order valence-corrected chi connectivity index (χ4v) is 1.84. The second-order valence-electron chi connectivity index (χ2n) is 3.55. The molecule has 0 unspecified atom stereocenters. The Hall–Kier alpha value is -1.03. The fraction of sp³-hybridized carbons (Fsp3) is 0.667. The summed E-state index contributed by atoms with van der Waals surface area (Å²) in [6.45, 7) is 3.86. The van der Waals surface area contributed by atoms with Crippen LogP contribution in [0.25, 0.3) is 0 Å². The predicted molar refractivity (Wildman–Crippen MR) is 49.0 cm³/mol. The highest BCUT2D eigenvalue weighted by Gasteiger charge is 2.28. The van der Waals surface area contributed by atoms with Gasteiger partial charge < -0.3 is 5.32 Å². The number of amides is 2. The van der Waals surface area contributed by atoms with E-state index in [1.54, 1.807) is 4.90 Å². The molecule has 4 heteroatoms. The topological polar surface area (TPSA) is 46.4 Å². The first-order valence-corrected chi connectivity index (χ1v) is 4.70. The van der Waals surface area contributed by atoms with E-state index in [0.29, 0.717) is 6.04 Å². The molecule has 2 aliphatic heterocycles. The van der Waals surface area contributed by atoms with Crippen molar-refractivity contribution in [3.05, 3.63) is 11.9 Å². The molecule has 2 amide bonds. The van der Waals surface area contributed by atoms with Crippen molar-refractivity contribution >= 4 is 6.03 Å². The minimum absolute atomic E-state index is 0.0931. The molecule has 1 saturated heterocycles. The van der Waals surface area contributed by atoms with Gasteiger partial charge in [0.05, 0.1) is 5.70 Å². The number of piperidine rings is 1. The smallest absolute Gasteiger partial charge is 0.317 e. The van der Waals surface area contributed by atoms with Crippen LogP contribution in [0.4, 0.5) is 4.79 Å². The Kier molecular flexibility index (Phi) is 2.22. The predicted octanol–water partition coefficient (Wildman–Crippen LogP) is 0.640. The van der Waals surface area contributed by atoms with Crippen molar-refractivity contribution in [2.75, 3.05) is 13.1 Å². The van der Waals surface area contributed by atoms with Gasteiger partial charge in [-0.3, -0.25) is 4.90 Å². The summed E-state index contributed by atoms with van der Waals surface area (Å²) in [4.78, 5) is 13.1. The van der Waals surface area contributed by atoms with E-state index in [0.717, 1.165) is 31.6 Å². The van der Waals surface area contributed by atoms with Gasteiger partial charge in [0.1, 0.15) is 0 Å². The second kappa shape index (κ2) is 3.38. The summed E-state index contributed by atoms with van der Waals surface area (Å²) in [5.41, 5.74) is 0.823. The van der Waals surface area contributed by atoms with Crippen molar-refractivity contribution < 1.29 is 4.79 Å². The zero-order valence-corrected chi connectivity index (χ0v) is 7.79. The number of urea groups is 1. The molecule has 0 aromatic heterocycles. The molecule has 0 bridgehead atoms. The number of nitrogens with one attached hydrogen (secondary N) is 1. The maximum Gasteiger partial charge on any atom is 0.348 e. The van der Waals surface area contributed by atoms with Crippen LogP contribution in [-0.4, -0.2) is 30.1 Å². The molecule has 1 fully saturated rings. The van der Waals surface area contributed by atoms with Crippen molar-refractivity contribution in [3.63, 3.8) is 0 Å². The first-order chi connectivity index (χ1) is 6.27. The molecule has 0 spiro atoms. The standard InChI is InChI=1S/C9H14N3O/c1-7-6-12(9(13)11-7)8-2-4-10-5-3-8/h6,8,10H,2-5H2,1H3. The quantitative estimate of drug-likeness (QED) is 0.643. The van der Waals surface area contributed by atoms with E-state index >= 15 is 0 Å². The number of carbonyl (C=O) groups is 1. The van der Waals surface area contributed by atoms with E-state index in [1.807, 2.05) is 13.1 Å². The molecule has 2 rings (SSSR count). The van der Waals surface area contributed by atoms with Crippen molar-refractivity contribution in [1.29, 1.82) is 0 Å². The summed E-state index contributed by atoms with van der Waals surface area (Å²) in [7, 11) is 0. The molecule has 0 saturated carbocycles. The van der Waals surface area contributed by atoms with Gasteiger partial charge in [0.15, 0.2) is 0 Å². The summed E-state index contributed by atoms with van der Waals surface area (Å²) in [6, 6.07) is 0.263. The number of hydrogen-bond acceptors (Lipinski definition) is 2. The molecule has 4 nitrogen and oxygen atoms in total. The molecule has 2 aliphatic rings. The molecular weight excluding hydrogens is 166 g/mol. The molecule has 1 N–H and O–H groups in total. The highest BCUT2D eigenvalue weighted by atomic mass is 16.2. The highest BCUT2D eigenvalue weighted by molar-refractivity contribution is 5.79. The van der Waals surface area contributed by atoms with Crippen molar-refractivity contribution in [2.24, 2.45) is 0 Å². The third kappa shape index (κ3) is 1.67. The average Bonchev–Trinajstić information content (AvgIpc) is 2.47. The Bertz CT molecular complexity index is 243. The highest BCUT2D eigenvalue weighted by Crippen LogP contribution is 2.18. The van der Waals surface area contributed by atoms with Crippen molar-refractivity contribution in [2.45, 2.75) is 25.8 Å². The first-order valence-electron chi connectivity index (χ1n) is 4.70. The minimum atomic E-state index is -0.0931. The SMILES string of the molecule is CC1=CN(C2CCNCC2)C(=O)[N]1. The van der Waals surface area contributed by atoms with Crippen LogP contribution in [-0.2, 0) is 0 Å². The normalized spacial score (nSPS) is 24.5. The van der Waals surface area contributed by atoms with Gasteiger partial charge >= 0.3 is 6.03 Å². The van der Waals surface area contributed by atoms with E-state index in [4.69, 9.17) is 0 Å². The number of hydrogen-bond donors (Lipinski definition) is 1. The first kappa shape index (κ1) is 8.56. The molecule has 0 aromatic rings. The van der Waals surface area contributed by atoms with E-state index < -0.39 is 0 Å². The summed E-state index contributed by atoms with van der Waals surface area (Å²) >= 11 is 0. The van der Waals surface area contributed by atoms with Gasteiger partial charge in [0.25, 0.3) is 0 Å². The molecule has 0 aromatic carbocycles. The largest absolute Gasteiger partial charge is 0.348 e. The lowest BCUT2D eigenvalue weighted by Crippen LogP contribution is -2.42. The van der Waals surface area contributed by atoms with Gasteiger partial charge in [0, 0.05) is 12.2 Å². The number of carbonyl (C=O) groups excluding carboxylic acids is 1. The van der Waals surface area contributed by atoms with Gasteiger partial charge in [-0.05, 0) is 32.9 Å². The third-order valence-corrected chi connectivity index (χ3v) is 2.52. The summed E-state index contributed by atoms with van der Waals surface area (Å²) in [6.07, 6.45) is 3.92. The Balaban J connectivity index is 2.02. The van der Waals surface area contributed by atoms with E-state index in [2.05, 4.69) is 10.6 Å². The van der Waals surface area contributed by atoms with Crippen LogP contribution in [0.5, 0.6) is 0 Å². The number of allylic oxidation sites excluding steroid dienone is 1. The van der Waals surface area contributed by atoms with Crippen LogP contribution in [0.2, 0.25) is 0 Å². The summed E-state index contributed by atoms with van der Waals surface area (Å²) in [5.74, 6) is 0. The Labute approximate surface area is 78.0 Å². The van der Waals surface area contributed by atoms with E-state index in [1.165, 1.54) is 0 Å². The summed E-state index contributed by atoms with van der Waals surface area (Å²) < 4.78 is 0. The van der Waals surface area contributed by atoms with Crippen LogP contribution >= 0.6 is 0 Å². The molecule has 2 heterocycles. The van der Waals surface area contributed by atoms with Crippen LogP contribution in [0, 0.1) is 0 Å². The van der Waals surface area contributed by atoms with E-state index in [-0.39, 0.29) is 6.03 Å². The molecule has 0 aliphatic carbocycles. The van der Waals surface area contributed by atoms with Gasteiger partial charge in [-0.15, -0.1) is 0 Å². The average molecular weight is 180 g/mol. The Morgan fingerprint density at radius 1 is 1.54 bits per heavy atom. The van der Waals surface area contributed by atoms with Crippen molar-refractivity contribution in [3.8, 4) is 0 Å². The number of rotatable bonds is 1. The lowest BCUT2D eigenvalue weighted by atomic mass is 10.1. The zero-order chi connectivity index (χ0) is 9.26. The maximum atomic E-state index is 11.4. The fourth-order valence-electron chi connectivity index (χ4n) is 1.84. The molecule has 13 heavy (non-hydrogen) atoms. The third-order valence-electron chi connectivity index (χ3n) is 2.52. The second-order valence-corrected chi connectivity index (χ2v) is 3.55. The van der Waals surface area contributed by atoms with Crippen LogP contribution in [0.15, 0.2) is 11.9 Å². The monoisotopic (exact) mass is 180 g/mol. The van der Waals surface area contributed by atoms with Gasteiger partial charge in [0.2, 0.25) is 0 Å². The van der Waals surface area contributed by atoms with Gasteiger partial charge in [-0.25, -0.2) is 4.79 Å². The lowest BCUT2D eigenvalue weighted by molar-refractivity contribution is 0.197. The van der Waals surface area contributed by atoms with Gasteiger partial charge in [-0.2, -0.15) is 5.32 Å². The minimum Gasteiger partial charge on any atom is -0.317 e. The van der Waals surface area contributed by atoms with E-state index in [9.17, 15) is 4.79 Å². The van der Waals surface area contributed by atoms with Crippen LogP contribution < -0.4 is 10.6 Å².